The van der Waals surface area contributed by atoms with Crippen molar-refractivity contribution in [2.75, 3.05) is 23.2 Å². The first-order valence-electron chi connectivity index (χ1n) is 7.86. The number of hydrogen-bond acceptors (Lipinski definition) is 8. The van der Waals surface area contributed by atoms with Gasteiger partial charge in [-0.25, -0.2) is 8.42 Å². The van der Waals surface area contributed by atoms with Crippen LogP contribution in [0.5, 0.6) is 11.5 Å². The Bertz CT molecular complexity index is 1220. The lowest BCUT2D eigenvalue weighted by atomic mass is 10.3. The molecule has 28 heavy (non-hydrogen) atoms. The van der Waals surface area contributed by atoms with Gasteiger partial charge in [-0.1, -0.05) is 0 Å². The highest BCUT2D eigenvalue weighted by atomic mass is 32.2. The van der Waals surface area contributed by atoms with Crippen molar-refractivity contribution in [1.82, 2.24) is 0 Å². The van der Waals surface area contributed by atoms with Gasteiger partial charge in [-0.05, 0) is 30.3 Å². The Balaban J connectivity index is 1.54. The van der Waals surface area contributed by atoms with E-state index in [1.54, 1.807) is 12.1 Å². The van der Waals surface area contributed by atoms with Crippen LogP contribution in [0.1, 0.15) is 0 Å². The number of benzene rings is 2. The number of anilines is 2. The molecule has 0 aliphatic carbocycles. The summed E-state index contributed by atoms with van der Waals surface area (Å²) in [7, 11) is -8.08. The number of nitrogens with one attached hydrogen (secondary N) is 2. The normalized spacial score (nSPS) is 16.1. The summed E-state index contributed by atoms with van der Waals surface area (Å²) in [5, 5.41) is 5.09. The maximum atomic E-state index is 12.6. The van der Waals surface area contributed by atoms with Crippen LogP contribution in [0.4, 0.5) is 11.4 Å². The maximum Gasteiger partial charge on any atom is 0.285 e. The average molecular weight is 423 g/mol. The van der Waals surface area contributed by atoms with E-state index in [0.29, 0.717) is 17.2 Å². The van der Waals surface area contributed by atoms with Crippen LogP contribution in [0, 0.1) is 0 Å². The molecule has 1 amide bonds. The van der Waals surface area contributed by atoms with Crippen LogP contribution in [0.3, 0.4) is 0 Å². The first-order chi connectivity index (χ1) is 13.2. The van der Waals surface area contributed by atoms with Crippen LogP contribution in [-0.2, 0) is 24.7 Å². The van der Waals surface area contributed by atoms with E-state index in [4.69, 9.17) is 9.47 Å². The summed E-state index contributed by atoms with van der Waals surface area (Å²) < 4.78 is 62.7. The number of carbonyl (C=O) groups is 1. The molecule has 0 saturated heterocycles. The molecule has 0 bridgehead atoms. The van der Waals surface area contributed by atoms with Crippen LogP contribution in [0.15, 0.2) is 50.6 Å². The van der Waals surface area contributed by atoms with Crippen molar-refractivity contribution in [2.24, 2.45) is 4.40 Å². The van der Waals surface area contributed by atoms with Gasteiger partial charge in [-0.3, -0.25) is 4.79 Å². The molecule has 2 heterocycles. The molecule has 2 aromatic carbocycles. The number of ether oxygens (including phenoxy) is 2. The number of fused-ring (bicyclic) bond motifs is 2. The molecule has 0 fully saturated rings. The Morgan fingerprint density at radius 1 is 1.14 bits per heavy atom. The van der Waals surface area contributed by atoms with E-state index < -0.39 is 31.5 Å². The van der Waals surface area contributed by atoms with Crippen molar-refractivity contribution in [3.05, 3.63) is 36.4 Å². The van der Waals surface area contributed by atoms with Crippen molar-refractivity contribution in [3.63, 3.8) is 0 Å². The highest BCUT2D eigenvalue weighted by Crippen LogP contribution is 2.34. The van der Waals surface area contributed by atoms with E-state index >= 15 is 0 Å². The summed E-state index contributed by atoms with van der Waals surface area (Å²) in [6.07, 6.45) is 1.00. The van der Waals surface area contributed by atoms with Gasteiger partial charge in [0.1, 0.15) is 17.0 Å². The summed E-state index contributed by atoms with van der Waals surface area (Å²) in [5.41, 5.74) is 0.551. The van der Waals surface area contributed by atoms with Gasteiger partial charge in [0, 0.05) is 11.8 Å². The Morgan fingerprint density at radius 3 is 2.75 bits per heavy atom. The Labute approximate surface area is 160 Å². The van der Waals surface area contributed by atoms with E-state index in [1.165, 1.54) is 18.2 Å². The third-order valence-corrected chi connectivity index (χ3v) is 6.87. The molecule has 0 saturated carbocycles. The Kier molecular flexibility index (Phi) is 4.23. The predicted molar refractivity (Wildman–Crippen MR) is 99.0 cm³/mol. The number of amides is 1. The minimum absolute atomic E-state index is 0.0707. The van der Waals surface area contributed by atoms with Gasteiger partial charge < -0.3 is 20.1 Å². The molecular formula is C16H13N3O7S2. The minimum atomic E-state index is -4.09. The second-order valence-electron chi connectivity index (χ2n) is 5.89. The Hall–Kier alpha value is -3.12. The highest BCUT2D eigenvalue weighted by Gasteiger charge is 2.26. The summed E-state index contributed by atoms with van der Waals surface area (Å²) in [6, 6.07) is 8.17. The highest BCUT2D eigenvalue weighted by molar-refractivity contribution is 7.92. The molecule has 0 unspecified atom stereocenters. The van der Waals surface area contributed by atoms with Gasteiger partial charge in [-0.2, -0.15) is 8.42 Å². The number of sulfonamides is 1. The molecule has 0 spiro atoms. The van der Waals surface area contributed by atoms with Gasteiger partial charge in [0.15, 0.2) is 21.3 Å². The summed E-state index contributed by atoms with van der Waals surface area (Å²) in [5.74, 6) is -0.682. The van der Waals surface area contributed by atoms with Crippen molar-refractivity contribution >= 4 is 43.5 Å². The smallest absolute Gasteiger partial charge is 0.285 e. The molecule has 2 aromatic rings. The van der Waals surface area contributed by atoms with Gasteiger partial charge in [0.05, 0.1) is 10.6 Å². The van der Waals surface area contributed by atoms with Crippen molar-refractivity contribution in [1.29, 1.82) is 0 Å². The number of rotatable bonds is 4. The van der Waals surface area contributed by atoms with Crippen molar-refractivity contribution in [2.45, 2.75) is 9.79 Å². The standard InChI is InChI=1S/C16H13N3O7S2/c20-16(19-10-1-4-13-14(5-10)26-9-25-13)7-27(21,22)11-2-3-12-15(6-11)28(23,24)18-8-17-12/h1-6,8H,7,9H2,(H,17,18)(H,19,20). The zero-order valence-corrected chi connectivity index (χ0v) is 15.7. The first-order valence-corrected chi connectivity index (χ1v) is 11.0. The molecule has 0 aromatic heterocycles. The fourth-order valence-electron chi connectivity index (χ4n) is 2.68. The van der Waals surface area contributed by atoms with Crippen LogP contribution < -0.4 is 20.1 Å². The largest absolute Gasteiger partial charge is 0.454 e. The molecule has 10 nitrogen and oxygen atoms in total. The van der Waals surface area contributed by atoms with Crippen LogP contribution in [0.2, 0.25) is 0 Å². The predicted octanol–water partition coefficient (Wildman–Crippen LogP) is 0.970. The molecule has 2 aliphatic heterocycles. The first kappa shape index (κ1) is 18.3. The second-order valence-corrected chi connectivity index (χ2v) is 9.48. The SMILES string of the molecule is O=C(CS(=O)(=O)c1ccc2c(c1)S(=O)(=O)N=CN2)Nc1ccc2c(c1)OCO2. The number of hydrogen-bond donors (Lipinski definition) is 2. The maximum absolute atomic E-state index is 12.6. The molecule has 0 atom stereocenters. The lowest BCUT2D eigenvalue weighted by molar-refractivity contribution is -0.113. The van der Waals surface area contributed by atoms with Crippen LogP contribution in [-0.4, -0.2) is 41.6 Å². The fraction of sp³-hybridized carbons (Fsp3) is 0.125. The van der Waals surface area contributed by atoms with E-state index in [-0.39, 0.29) is 22.3 Å². The third kappa shape index (κ3) is 3.39. The number of nitrogens with zero attached hydrogens (tertiary/aromatic N) is 1. The van der Waals surface area contributed by atoms with E-state index in [0.717, 1.165) is 12.4 Å². The van der Waals surface area contributed by atoms with Crippen molar-refractivity contribution < 1.29 is 31.1 Å². The van der Waals surface area contributed by atoms with Gasteiger partial charge >= 0.3 is 0 Å². The zero-order chi connectivity index (χ0) is 19.9. The van der Waals surface area contributed by atoms with E-state index in [9.17, 15) is 21.6 Å². The summed E-state index contributed by atoms with van der Waals surface area (Å²) >= 11 is 0. The number of sulfone groups is 1. The Morgan fingerprint density at radius 2 is 1.93 bits per heavy atom. The van der Waals surface area contributed by atoms with Crippen molar-refractivity contribution in [3.8, 4) is 11.5 Å². The molecule has 146 valence electrons. The lowest BCUT2D eigenvalue weighted by Crippen LogP contribution is -2.23. The van der Waals surface area contributed by atoms with E-state index in [2.05, 4.69) is 15.0 Å². The summed E-state index contributed by atoms with van der Waals surface area (Å²) in [4.78, 5) is 11.6. The summed E-state index contributed by atoms with van der Waals surface area (Å²) in [6.45, 7) is 0.0707. The van der Waals surface area contributed by atoms with Gasteiger partial charge in [0.25, 0.3) is 10.0 Å². The van der Waals surface area contributed by atoms with Crippen LogP contribution >= 0.6 is 0 Å². The molecule has 12 heteroatoms. The third-order valence-electron chi connectivity index (χ3n) is 3.98. The quantitative estimate of drug-likeness (QED) is 0.741. The topological polar surface area (TPSA) is 140 Å². The molecular weight excluding hydrogens is 410 g/mol. The second kappa shape index (κ2) is 6.49. The lowest BCUT2D eigenvalue weighted by Gasteiger charge is -2.13. The minimum Gasteiger partial charge on any atom is -0.454 e. The monoisotopic (exact) mass is 423 g/mol. The molecule has 0 radical (unpaired) electrons. The molecule has 2 N–H and O–H groups in total. The van der Waals surface area contributed by atoms with Gasteiger partial charge in [0.2, 0.25) is 12.7 Å². The van der Waals surface area contributed by atoms with Gasteiger partial charge in [-0.15, -0.1) is 4.40 Å². The number of carbonyl (C=O) groups excluding carboxylic acids is 1. The molecule has 4 rings (SSSR count). The average Bonchev–Trinajstić information content (AvgIpc) is 3.08. The fourth-order valence-corrected chi connectivity index (χ4v) is 4.90. The van der Waals surface area contributed by atoms with Crippen LogP contribution in [0.25, 0.3) is 0 Å². The zero-order valence-electron chi connectivity index (χ0n) is 14.1. The molecule has 2 aliphatic rings. The van der Waals surface area contributed by atoms with E-state index in [1.807, 2.05) is 0 Å².